The summed E-state index contributed by atoms with van der Waals surface area (Å²) < 4.78 is 9.08. The Morgan fingerprint density at radius 3 is 2.26 bits per heavy atom. The molecule has 0 aromatic heterocycles. The quantitative estimate of drug-likeness (QED) is 0.649. The normalized spacial score (nSPS) is 10.8. The van der Waals surface area contributed by atoms with Gasteiger partial charge < -0.3 is 14.8 Å². The van der Waals surface area contributed by atoms with E-state index in [0.29, 0.717) is 5.69 Å². The first kappa shape index (κ1) is 14.8. The van der Waals surface area contributed by atoms with Gasteiger partial charge in [-0.15, -0.1) is 0 Å². The molecule has 1 aromatic rings. The van der Waals surface area contributed by atoms with Gasteiger partial charge in [0, 0.05) is 5.69 Å². The maximum absolute atomic E-state index is 11.5. The van der Waals surface area contributed by atoms with Crippen molar-refractivity contribution < 1.29 is 19.1 Å². The number of anilines is 1. The number of carbonyl (C=O) groups excluding carboxylic acids is 2. The lowest BCUT2D eigenvalue weighted by Gasteiger charge is -2.09. The van der Waals surface area contributed by atoms with Gasteiger partial charge in [-0.25, -0.2) is 9.59 Å². The van der Waals surface area contributed by atoms with Gasteiger partial charge in [-0.1, -0.05) is 19.1 Å². The molecule has 19 heavy (non-hydrogen) atoms. The van der Waals surface area contributed by atoms with Crippen LogP contribution in [-0.4, -0.2) is 26.2 Å². The predicted octanol–water partition coefficient (Wildman–Crippen LogP) is 1.89. The first-order chi connectivity index (χ1) is 9.10. The molecule has 0 aliphatic carbocycles. The number of hydrogen-bond acceptors (Lipinski definition) is 5. The number of nitrogens with one attached hydrogen (secondary N) is 1. The Labute approximate surface area is 112 Å². The smallest absolute Gasteiger partial charge is 0.354 e. The molecule has 0 aliphatic heterocycles. The van der Waals surface area contributed by atoms with Crippen molar-refractivity contribution in [3.05, 3.63) is 41.6 Å². The number of rotatable bonds is 5. The Morgan fingerprint density at radius 2 is 1.79 bits per heavy atom. The van der Waals surface area contributed by atoms with E-state index in [4.69, 9.17) is 0 Å². The van der Waals surface area contributed by atoms with Crippen molar-refractivity contribution in [1.82, 2.24) is 0 Å². The van der Waals surface area contributed by atoms with Crippen LogP contribution in [0, 0.1) is 0 Å². The molecule has 0 atom stereocenters. The van der Waals surface area contributed by atoms with Crippen LogP contribution < -0.4 is 5.32 Å². The maximum atomic E-state index is 11.5. The Morgan fingerprint density at radius 1 is 1.16 bits per heavy atom. The van der Waals surface area contributed by atoms with Crippen molar-refractivity contribution in [1.29, 1.82) is 0 Å². The molecule has 0 unspecified atom stereocenters. The summed E-state index contributed by atoms with van der Waals surface area (Å²) in [5, 5.41) is 2.83. The van der Waals surface area contributed by atoms with Gasteiger partial charge in [0.05, 0.1) is 20.3 Å². The number of esters is 2. The molecule has 1 rings (SSSR count). The zero-order chi connectivity index (χ0) is 14.3. The number of aryl methyl sites for hydroxylation is 1. The summed E-state index contributed by atoms with van der Waals surface area (Å²) in [4.78, 5) is 22.7. The van der Waals surface area contributed by atoms with E-state index in [1.54, 1.807) is 0 Å². The van der Waals surface area contributed by atoms with Crippen molar-refractivity contribution in [3.8, 4) is 0 Å². The molecule has 0 fully saturated rings. The van der Waals surface area contributed by atoms with Crippen LogP contribution in [0.25, 0.3) is 0 Å². The lowest BCUT2D eigenvalue weighted by Crippen LogP contribution is -2.15. The van der Waals surface area contributed by atoms with Crippen LogP contribution >= 0.6 is 0 Å². The number of carbonyl (C=O) groups is 2. The Balaban J connectivity index is 2.90. The van der Waals surface area contributed by atoms with E-state index in [1.807, 2.05) is 24.3 Å². The van der Waals surface area contributed by atoms with Crippen molar-refractivity contribution >= 4 is 17.6 Å². The second-order valence-corrected chi connectivity index (χ2v) is 3.75. The third kappa shape index (κ3) is 4.46. The lowest BCUT2D eigenvalue weighted by molar-refractivity contribution is -0.138. The predicted molar refractivity (Wildman–Crippen MR) is 71.6 cm³/mol. The van der Waals surface area contributed by atoms with Crippen molar-refractivity contribution in [2.24, 2.45) is 0 Å². The van der Waals surface area contributed by atoms with Crippen LogP contribution in [0.5, 0.6) is 0 Å². The van der Waals surface area contributed by atoms with Gasteiger partial charge in [0.2, 0.25) is 0 Å². The topological polar surface area (TPSA) is 64.6 Å². The summed E-state index contributed by atoms with van der Waals surface area (Å²) in [5.41, 5.74) is 1.90. The zero-order valence-corrected chi connectivity index (χ0v) is 11.2. The highest BCUT2D eigenvalue weighted by molar-refractivity contribution is 5.98. The average Bonchev–Trinajstić information content (AvgIpc) is 2.46. The average molecular weight is 263 g/mol. The molecular formula is C14H17NO4. The van der Waals surface area contributed by atoms with Crippen LogP contribution in [-0.2, 0) is 25.5 Å². The summed E-state index contributed by atoms with van der Waals surface area (Å²) in [6.07, 6.45) is 1.99. The highest BCUT2D eigenvalue weighted by atomic mass is 16.5. The van der Waals surface area contributed by atoms with Crippen LogP contribution in [0.3, 0.4) is 0 Å². The van der Waals surface area contributed by atoms with Gasteiger partial charge in [0.15, 0.2) is 0 Å². The summed E-state index contributed by atoms with van der Waals surface area (Å²) in [6, 6.07) is 7.53. The van der Waals surface area contributed by atoms with E-state index in [0.717, 1.165) is 12.5 Å². The monoisotopic (exact) mass is 263 g/mol. The van der Waals surface area contributed by atoms with E-state index in [2.05, 4.69) is 21.7 Å². The van der Waals surface area contributed by atoms with Crippen molar-refractivity contribution in [2.45, 2.75) is 13.3 Å². The first-order valence-electron chi connectivity index (χ1n) is 5.84. The number of hydrogen-bond donors (Lipinski definition) is 1. The van der Waals surface area contributed by atoms with Crippen LogP contribution in [0.15, 0.2) is 36.0 Å². The molecule has 0 spiro atoms. The Hall–Kier alpha value is -2.30. The first-order valence-corrected chi connectivity index (χ1v) is 5.84. The minimum Gasteiger partial charge on any atom is -0.466 e. The van der Waals surface area contributed by atoms with Gasteiger partial charge in [0.1, 0.15) is 5.70 Å². The second kappa shape index (κ2) is 7.20. The molecule has 1 aromatic carbocycles. The minimum atomic E-state index is -0.634. The summed E-state index contributed by atoms with van der Waals surface area (Å²) in [6.45, 7) is 2.06. The summed E-state index contributed by atoms with van der Waals surface area (Å²) in [5.74, 6) is -1.26. The van der Waals surface area contributed by atoms with E-state index >= 15 is 0 Å². The Kier molecular flexibility index (Phi) is 5.60. The molecule has 0 saturated heterocycles. The number of benzene rings is 1. The highest BCUT2D eigenvalue weighted by Gasteiger charge is 2.12. The summed E-state index contributed by atoms with van der Waals surface area (Å²) >= 11 is 0. The van der Waals surface area contributed by atoms with Crippen LogP contribution in [0.2, 0.25) is 0 Å². The summed E-state index contributed by atoms with van der Waals surface area (Å²) in [7, 11) is 2.49. The maximum Gasteiger partial charge on any atom is 0.354 e. The molecule has 0 aliphatic rings. The third-order valence-corrected chi connectivity index (χ3v) is 2.51. The molecule has 5 nitrogen and oxygen atoms in total. The molecule has 0 bridgehead atoms. The molecule has 0 saturated carbocycles. The van der Waals surface area contributed by atoms with E-state index in [1.165, 1.54) is 19.8 Å². The van der Waals surface area contributed by atoms with E-state index in [-0.39, 0.29) is 5.70 Å². The molecule has 0 heterocycles. The molecule has 102 valence electrons. The molecule has 0 radical (unpaired) electrons. The fourth-order valence-corrected chi connectivity index (χ4v) is 1.41. The van der Waals surface area contributed by atoms with Crippen LogP contribution in [0.4, 0.5) is 5.69 Å². The Bertz CT molecular complexity index is 477. The van der Waals surface area contributed by atoms with Crippen molar-refractivity contribution in [2.75, 3.05) is 19.5 Å². The largest absolute Gasteiger partial charge is 0.466 e. The fraction of sp³-hybridized carbons (Fsp3) is 0.286. The molecule has 5 heteroatoms. The zero-order valence-electron chi connectivity index (χ0n) is 11.2. The van der Waals surface area contributed by atoms with Gasteiger partial charge in [-0.3, -0.25) is 0 Å². The second-order valence-electron chi connectivity index (χ2n) is 3.75. The van der Waals surface area contributed by atoms with Gasteiger partial charge in [0.25, 0.3) is 0 Å². The SMILES string of the molecule is CCc1ccc(N/C(=C/C(=O)OC)C(=O)OC)cc1. The van der Waals surface area contributed by atoms with Crippen molar-refractivity contribution in [3.63, 3.8) is 0 Å². The lowest BCUT2D eigenvalue weighted by atomic mass is 10.1. The fourth-order valence-electron chi connectivity index (χ4n) is 1.41. The standard InChI is InChI=1S/C14H17NO4/c1-4-10-5-7-11(8-6-10)15-12(14(17)19-3)9-13(16)18-2/h5-9,15H,4H2,1-3H3/b12-9+. The molecular weight excluding hydrogens is 246 g/mol. The van der Waals surface area contributed by atoms with Crippen LogP contribution in [0.1, 0.15) is 12.5 Å². The van der Waals surface area contributed by atoms with E-state index in [9.17, 15) is 9.59 Å². The molecule has 1 N–H and O–H groups in total. The number of ether oxygens (including phenoxy) is 2. The van der Waals surface area contributed by atoms with Gasteiger partial charge in [-0.2, -0.15) is 0 Å². The highest BCUT2D eigenvalue weighted by Crippen LogP contribution is 2.13. The number of methoxy groups -OCH3 is 2. The minimum absolute atomic E-state index is 0.0265. The third-order valence-electron chi connectivity index (χ3n) is 2.51. The van der Waals surface area contributed by atoms with E-state index < -0.39 is 11.9 Å². The van der Waals surface area contributed by atoms with Gasteiger partial charge in [-0.05, 0) is 24.1 Å². The van der Waals surface area contributed by atoms with Gasteiger partial charge >= 0.3 is 11.9 Å². The molecule has 0 amide bonds.